The Morgan fingerprint density at radius 2 is 1.13 bits per heavy atom. The maximum atomic E-state index is 3.83. The van der Waals surface area contributed by atoms with Gasteiger partial charge in [-0.15, -0.1) is 0 Å². The Morgan fingerprint density at radius 1 is 0.478 bits per heavy atom. The first-order valence-corrected chi connectivity index (χ1v) is 8.46. The molecule has 0 bridgehead atoms. The van der Waals surface area contributed by atoms with E-state index in [4.69, 9.17) is 0 Å². The van der Waals surface area contributed by atoms with E-state index < -0.39 is 0 Å². The number of hydrogen-bond acceptors (Lipinski definition) is 0. The highest BCUT2D eigenvalue weighted by Gasteiger charge is 2.11. The summed E-state index contributed by atoms with van der Waals surface area (Å²) in [7, 11) is 0. The number of halogens is 1. The van der Waals surface area contributed by atoms with Gasteiger partial charge in [0.2, 0.25) is 0 Å². The Bertz CT molecular complexity index is 971. The van der Waals surface area contributed by atoms with Crippen molar-refractivity contribution in [2.45, 2.75) is 0 Å². The van der Waals surface area contributed by atoms with E-state index in [0.29, 0.717) is 0 Å². The van der Waals surface area contributed by atoms with E-state index in [0.717, 1.165) is 4.47 Å². The smallest absolute Gasteiger partial charge is 0.0332 e. The maximum Gasteiger partial charge on any atom is 0.0332 e. The second-order valence-corrected chi connectivity index (χ2v) is 6.35. The van der Waals surface area contributed by atoms with Crippen LogP contribution in [0.1, 0.15) is 0 Å². The van der Waals surface area contributed by atoms with Gasteiger partial charge in [-0.2, -0.15) is 0 Å². The van der Waals surface area contributed by atoms with Gasteiger partial charge >= 0.3 is 0 Å². The van der Waals surface area contributed by atoms with Gasteiger partial charge < -0.3 is 0 Å². The molecule has 0 aliphatic rings. The lowest BCUT2D eigenvalue weighted by molar-refractivity contribution is 1.58. The molecule has 23 heavy (non-hydrogen) atoms. The second-order valence-electron chi connectivity index (χ2n) is 5.56. The van der Waals surface area contributed by atoms with Crippen LogP contribution in [0.25, 0.3) is 33.0 Å². The van der Waals surface area contributed by atoms with Crippen molar-refractivity contribution in [3.05, 3.63) is 95.5 Å². The van der Waals surface area contributed by atoms with Gasteiger partial charge in [0.25, 0.3) is 0 Å². The minimum atomic E-state index is 1.15. The molecule has 0 radical (unpaired) electrons. The first-order valence-electron chi connectivity index (χ1n) is 7.67. The van der Waals surface area contributed by atoms with Gasteiger partial charge in [0, 0.05) is 4.47 Å². The lowest BCUT2D eigenvalue weighted by atomic mass is 9.93. The van der Waals surface area contributed by atoms with Crippen LogP contribution >= 0.6 is 15.9 Å². The topological polar surface area (TPSA) is 0 Å². The molecule has 4 aromatic carbocycles. The Kier molecular flexibility index (Phi) is 3.72. The fourth-order valence-corrected chi connectivity index (χ4v) is 3.74. The van der Waals surface area contributed by atoms with Gasteiger partial charge in [-0.1, -0.05) is 91.0 Å². The summed E-state index contributed by atoms with van der Waals surface area (Å²) in [5, 5.41) is 2.49. The molecule has 0 unspecified atom stereocenters. The summed E-state index contributed by atoms with van der Waals surface area (Å²) in [5.41, 5.74) is 4.96. The zero-order valence-electron chi connectivity index (χ0n) is 12.5. The molecule has 4 aromatic rings. The highest BCUT2D eigenvalue weighted by molar-refractivity contribution is 9.10. The average Bonchev–Trinajstić information content (AvgIpc) is 2.63. The SMILES string of the molecule is Brc1c(-c2ccccc2-c2ccccc2)ccc2ccccc12. The lowest BCUT2D eigenvalue weighted by Crippen LogP contribution is -1.87. The van der Waals surface area contributed by atoms with Gasteiger partial charge in [0.1, 0.15) is 0 Å². The van der Waals surface area contributed by atoms with Crippen LogP contribution < -0.4 is 0 Å². The third-order valence-electron chi connectivity index (χ3n) is 4.17. The normalized spacial score (nSPS) is 10.8. The molecule has 0 N–H and O–H groups in total. The Hall–Kier alpha value is -2.38. The van der Waals surface area contributed by atoms with Crippen molar-refractivity contribution in [1.29, 1.82) is 0 Å². The fraction of sp³-hybridized carbons (Fsp3) is 0. The Labute approximate surface area is 144 Å². The van der Waals surface area contributed by atoms with Crippen LogP contribution in [0.15, 0.2) is 95.5 Å². The molecular weight excluding hydrogens is 344 g/mol. The molecule has 0 nitrogen and oxygen atoms in total. The lowest BCUT2D eigenvalue weighted by Gasteiger charge is -2.13. The number of fused-ring (bicyclic) bond motifs is 1. The molecule has 0 aromatic heterocycles. The Morgan fingerprint density at radius 3 is 1.96 bits per heavy atom. The third kappa shape index (κ3) is 2.58. The van der Waals surface area contributed by atoms with E-state index in [1.165, 1.54) is 33.0 Å². The second kappa shape index (κ2) is 6.02. The molecule has 0 amide bonds. The van der Waals surface area contributed by atoms with Crippen LogP contribution in [0.3, 0.4) is 0 Å². The predicted molar refractivity (Wildman–Crippen MR) is 103 cm³/mol. The first kappa shape index (κ1) is 14.2. The molecule has 0 atom stereocenters. The van der Waals surface area contributed by atoms with Crippen molar-refractivity contribution in [3.63, 3.8) is 0 Å². The maximum absolute atomic E-state index is 3.83. The molecule has 0 saturated carbocycles. The molecule has 0 aliphatic carbocycles. The molecule has 0 heterocycles. The van der Waals surface area contributed by atoms with E-state index in [1.807, 2.05) is 0 Å². The predicted octanol–water partition coefficient (Wildman–Crippen LogP) is 6.94. The van der Waals surface area contributed by atoms with Crippen molar-refractivity contribution >= 4 is 26.7 Å². The summed E-state index contributed by atoms with van der Waals surface area (Å²) in [6, 6.07) is 32.0. The van der Waals surface area contributed by atoms with Gasteiger partial charge in [-0.05, 0) is 49.0 Å². The summed E-state index contributed by atoms with van der Waals surface area (Å²) in [6.07, 6.45) is 0. The van der Waals surface area contributed by atoms with Crippen molar-refractivity contribution in [2.24, 2.45) is 0 Å². The fourth-order valence-electron chi connectivity index (χ4n) is 3.03. The highest BCUT2D eigenvalue weighted by Crippen LogP contribution is 2.39. The zero-order valence-corrected chi connectivity index (χ0v) is 14.1. The minimum Gasteiger partial charge on any atom is -0.0622 e. The molecule has 110 valence electrons. The highest BCUT2D eigenvalue weighted by atomic mass is 79.9. The van der Waals surface area contributed by atoms with Crippen LogP contribution in [0.2, 0.25) is 0 Å². The van der Waals surface area contributed by atoms with Crippen LogP contribution in [0, 0.1) is 0 Å². The first-order chi connectivity index (χ1) is 11.3. The van der Waals surface area contributed by atoms with E-state index in [1.54, 1.807) is 0 Å². The largest absolute Gasteiger partial charge is 0.0622 e. The standard InChI is InChI=1S/C22H15Br/c23-22-19-12-5-4-10-17(19)14-15-21(22)20-13-7-6-11-18(20)16-8-2-1-3-9-16/h1-15H. The third-order valence-corrected chi connectivity index (χ3v) is 5.02. The van der Waals surface area contributed by atoms with Crippen molar-refractivity contribution in [2.75, 3.05) is 0 Å². The van der Waals surface area contributed by atoms with E-state index in [-0.39, 0.29) is 0 Å². The summed E-state index contributed by atoms with van der Waals surface area (Å²) < 4.78 is 1.15. The summed E-state index contributed by atoms with van der Waals surface area (Å²) in [4.78, 5) is 0. The summed E-state index contributed by atoms with van der Waals surface area (Å²) in [5.74, 6) is 0. The quantitative estimate of drug-likeness (QED) is 0.364. The number of benzene rings is 4. The number of rotatable bonds is 2. The van der Waals surface area contributed by atoms with E-state index >= 15 is 0 Å². The minimum absolute atomic E-state index is 1.15. The van der Waals surface area contributed by atoms with Crippen LogP contribution in [-0.2, 0) is 0 Å². The van der Waals surface area contributed by atoms with Gasteiger partial charge in [-0.3, -0.25) is 0 Å². The van der Waals surface area contributed by atoms with Crippen LogP contribution in [0.4, 0.5) is 0 Å². The van der Waals surface area contributed by atoms with E-state index in [2.05, 4.69) is 107 Å². The monoisotopic (exact) mass is 358 g/mol. The molecule has 0 spiro atoms. The molecule has 4 rings (SSSR count). The summed E-state index contributed by atoms with van der Waals surface area (Å²) >= 11 is 3.83. The van der Waals surface area contributed by atoms with Crippen molar-refractivity contribution in [3.8, 4) is 22.3 Å². The molecule has 1 heteroatoms. The van der Waals surface area contributed by atoms with Gasteiger partial charge in [-0.25, -0.2) is 0 Å². The molecule has 0 aliphatic heterocycles. The van der Waals surface area contributed by atoms with Crippen LogP contribution in [-0.4, -0.2) is 0 Å². The van der Waals surface area contributed by atoms with E-state index in [9.17, 15) is 0 Å². The molecule has 0 fully saturated rings. The molecular formula is C22H15Br. The number of hydrogen-bond donors (Lipinski definition) is 0. The van der Waals surface area contributed by atoms with Gasteiger partial charge in [0.15, 0.2) is 0 Å². The Balaban J connectivity index is 1.98. The van der Waals surface area contributed by atoms with Crippen molar-refractivity contribution < 1.29 is 0 Å². The molecule has 0 saturated heterocycles. The zero-order chi connectivity index (χ0) is 15.6. The average molecular weight is 359 g/mol. The van der Waals surface area contributed by atoms with Crippen LogP contribution in [0.5, 0.6) is 0 Å². The summed E-state index contributed by atoms with van der Waals surface area (Å²) in [6.45, 7) is 0. The van der Waals surface area contributed by atoms with Gasteiger partial charge in [0.05, 0.1) is 0 Å². The van der Waals surface area contributed by atoms with Crippen molar-refractivity contribution in [1.82, 2.24) is 0 Å².